The van der Waals surface area contributed by atoms with Crippen LogP contribution < -0.4 is 4.74 Å². The van der Waals surface area contributed by atoms with Crippen molar-refractivity contribution in [2.24, 2.45) is 0 Å². The minimum Gasteiger partial charge on any atom is -0.455 e. The number of hydrogen-bond donors (Lipinski definition) is 0. The molecule has 7 heteroatoms. The highest BCUT2D eigenvalue weighted by molar-refractivity contribution is 14.1. The molecule has 0 heterocycles. The Morgan fingerprint density at radius 1 is 0.452 bits per heavy atom. The highest BCUT2D eigenvalue weighted by Gasteiger charge is 2.28. The van der Waals surface area contributed by atoms with Crippen LogP contribution in [0.1, 0.15) is 0 Å². The molecule has 0 aliphatic rings. The number of halogens is 5. The van der Waals surface area contributed by atoms with Crippen molar-refractivity contribution in [3.05, 3.63) is 103 Å². The predicted molar refractivity (Wildman–Crippen MR) is 172 cm³/mol. The van der Waals surface area contributed by atoms with E-state index in [0.717, 1.165) is 18.6 Å². The summed E-state index contributed by atoms with van der Waals surface area (Å²) in [5.41, 5.74) is 0. The SMILES string of the molecule is Ic1c(I)c(I)c(Oc2ccc([S+](c3ccccc3)c3ccccc3)cc2)c(I)c1I. The quantitative estimate of drug-likeness (QED) is 0.0839. The lowest BCUT2D eigenvalue weighted by Crippen LogP contribution is -2.04. The van der Waals surface area contributed by atoms with Crippen LogP contribution in [-0.4, -0.2) is 0 Å². The molecule has 0 fully saturated rings. The van der Waals surface area contributed by atoms with E-state index in [1.54, 1.807) is 0 Å². The highest BCUT2D eigenvalue weighted by atomic mass is 127. The first-order valence-electron chi connectivity index (χ1n) is 9.11. The fourth-order valence-electron chi connectivity index (χ4n) is 2.96. The molecule has 4 aromatic rings. The van der Waals surface area contributed by atoms with Crippen LogP contribution in [0.5, 0.6) is 11.5 Å². The Morgan fingerprint density at radius 2 is 0.839 bits per heavy atom. The summed E-state index contributed by atoms with van der Waals surface area (Å²) >= 11 is 12.0. The van der Waals surface area contributed by atoms with Gasteiger partial charge in [-0.25, -0.2) is 0 Å². The van der Waals surface area contributed by atoms with Crippen LogP contribution in [-0.2, 0) is 10.9 Å². The van der Waals surface area contributed by atoms with Gasteiger partial charge < -0.3 is 4.74 Å². The van der Waals surface area contributed by atoms with Gasteiger partial charge in [0.05, 0.1) is 18.0 Å². The van der Waals surface area contributed by atoms with Gasteiger partial charge in [0.2, 0.25) is 0 Å². The molecule has 0 spiro atoms. The van der Waals surface area contributed by atoms with Gasteiger partial charge in [0.1, 0.15) is 5.75 Å². The molecule has 0 bridgehead atoms. The molecule has 156 valence electrons. The van der Waals surface area contributed by atoms with Crippen LogP contribution >= 0.6 is 113 Å². The smallest absolute Gasteiger partial charge is 0.166 e. The maximum absolute atomic E-state index is 6.38. The van der Waals surface area contributed by atoms with E-state index in [1.165, 1.54) is 25.4 Å². The molecule has 0 aliphatic heterocycles. The second-order valence-electron chi connectivity index (χ2n) is 6.40. The lowest BCUT2D eigenvalue weighted by molar-refractivity contribution is 0.474. The molecule has 0 aliphatic carbocycles. The normalized spacial score (nSPS) is 11.0. The maximum Gasteiger partial charge on any atom is 0.166 e. The largest absolute Gasteiger partial charge is 0.455 e. The topological polar surface area (TPSA) is 9.23 Å². The van der Waals surface area contributed by atoms with Crippen molar-refractivity contribution in [1.29, 1.82) is 0 Å². The van der Waals surface area contributed by atoms with Gasteiger partial charge in [-0.15, -0.1) is 0 Å². The first kappa shape index (κ1) is 24.8. The molecule has 4 aromatic carbocycles. The standard InChI is InChI=1S/C24H14I5OS/c25-19-20(26)22(28)24(23(29)21(19)27)30-15-11-13-18(14-12-15)31(16-7-3-1-4-8-16)17-9-5-2-6-10-17/h1-14H/q+1. The Balaban J connectivity index is 1.69. The van der Waals surface area contributed by atoms with Crippen molar-refractivity contribution in [2.75, 3.05) is 0 Å². The molecule has 0 atom stereocenters. The van der Waals surface area contributed by atoms with Gasteiger partial charge in [-0.2, -0.15) is 0 Å². The lowest BCUT2D eigenvalue weighted by atomic mass is 10.3. The van der Waals surface area contributed by atoms with Crippen molar-refractivity contribution >= 4 is 124 Å². The first-order valence-corrected chi connectivity index (χ1v) is 15.7. The van der Waals surface area contributed by atoms with Crippen molar-refractivity contribution in [2.45, 2.75) is 14.7 Å². The van der Waals surface area contributed by atoms with E-state index in [2.05, 4.69) is 198 Å². The summed E-state index contributed by atoms with van der Waals surface area (Å²) in [7, 11) is -0.150. The summed E-state index contributed by atoms with van der Waals surface area (Å²) < 4.78 is 12.5. The molecule has 0 aromatic heterocycles. The molecule has 1 nitrogen and oxygen atoms in total. The van der Waals surface area contributed by atoms with Gasteiger partial charge in [-0.05, 0) is 161 Å². The van der Waals surface area contributed by atoms with E-state index in [9.17, 15) is 0 Å². The van der Waals surface area contributed by atoms with Crippen LogP contribution in [0.25, 0.3) is 0 Å². The van der Waals surface area contributed by atoms with Crippen molar-refractivity contribution < 1.29 is 4.74 Å². The predicted octanol–water partition coefficient (Wildman–Crippen LogP) is 9.60. The van der Waals surface area contributed by atoms with Gasteiger partial charge in [0.15, 0.2) is 20.4 Å². The second kappa shape index (κ2) is 11.4. The number of ether oxygens (including phenoxy) is 1. The van der Waals surface area contributed by atoms with E-state index in [-0.39, 0.29) is 10.9 Å². The van der Waals surface area contributed by atoms with Crippen molar-refractivity contribution in [3.8, 4) is 11.5 Å². The fourth-order valence-corrected chi connectivity index (χ4v) is 9.97. The summed E-state index contributed by atoms with van der Waals surface area (Å²) in [6, 6.07) is 30.0. The summed E-state index contributed by atoms with van der Waals surface area (Å²) in [6.45, 7) is 0. The van der Waals surface area contributed by atoms with E-state index >= 15 is 0 Å². The molecule has 0 amide bonds. The number of rotatable bonds is 5. The summed E-state index contributed by atoms with van der Waals surface area (Å²) in [5.74, 6) is 1.80. The fraction of sp³-hybridized carbons (Fsp3) is 0. The third kappa shape index (κ3) is 5.68. The molecule has 0 unspecified atom stereocenters. The van der Waals surface area contributed by atoms with E-state index in [4.69, 9.17) is 4.74 Å². The second-order valence-corrected chi connectivity index (χ2v) is 13.8. The Bertz CT molecular complexity index is 1130. The first-order chi connectivity index (χ1) is 15.0. The summed E-state index contributed by atoms with van der Waals surface area (Å²) in [5, 5.41) is 0. The van der Waals surface area contributed by atoms with Crippen molar-refractivity contribution in [3.63, 3.8) is 0 Å². The van der Waals surface area contributed by atoms with Gasteiger partial charge in [0.25, 0.3) is 0 Å². The molecule has 0 radical (unpaired) electrons. The van der Waals surface area contributed by atoms with Crippen LogP contribution in [0.15, 0.2) is 99.6 Å². The molecule has 0 N–H and O–H groups in total. The summed E-state index contributed by atoms with van der Waals surface area (Å²) in [4.78, 5) is 3.90. The van der Waals surface area contributed by atoms with Gasteiger partial charge in [0, 0.05) is 10.7 Å². The van der Waals surface area contributed by atoms with Crippen LogP contribution in [0, 0.1) is 17.9 Å². The molecule has 31 heavy (non-hydrogen) atoms. The van der Waals surface area contributed by atoms with Crippen LogP contribution in [0.2, 0.25) is 0 Å². The van der Waals surface area contributed by atoms with Gasteiger partial charge in [-0.3, -0.25) is 0 Å². The Kier molecular flexibility index (Phi) is 9.12. The molecule has 0 saturated heterocycles. The Labute approximate surface area is 253 Å². The molecule has 4 rings (SSSR count). The zero-order chi connectivity index (χ0) is 22.0. The minimum absolute atomic E-state index is 0.150. The molecular formula is C24H14I5OS+. The molecular weight excluding hydrogens is 971 g/mol. The summed E-state index contributed by atoms with van der Waals surface area (Å²) in [6.07, 6.45) is 0. The highest BCUT2D eigenvalue weighted by Crippen LogP contribution is 2.41. The van der Waals surface area contributed by atoms with E-state index in [1.807, 2.05) is 0 Å². The zero-order valence-electron chi connectivity index (χ0n) is 15.8. The monoisotopic (exact) mass is 985 g/mol. The Hall–Kier alpha value is 0.680. The molecule has 0 saturated carbocycles. The maximum atomic E-state index is 6.38. The average Bonchev–Trinajstić information content (AvgIpc) is 2.82. The van der Waals surface area contributed by atoms with Gasteiger partial charge in [-0.1, -0.05) is 36.4 Å². The third-order valence-electron chi connectivity index (χ3n) is 4.41. The van der Waals surface area contributed by atoms with E-state index in [0.29, 0.717) is 0 Å². The van der Waals surface area contributed by atoms with Crippen molar-refractivity contribution in [1.82, 2.24) is 0 Å². The van der Waals surface area contributed by atoms with Crippen LogP contribution in [0.3, 0.4) is 0 Å². The Morgan fingerprint density at radius 3 is 1.29 bits per heavy atom. The minimum atomic E-state index is -0.150. The number of hydrogen-bond acceptors (Lipinski definition) is 1. The van der Waals surface area contributed by atoms with E-state index < -0.39 is 0 Å². The third-order valence-corrected chi connectivity index (χ3v) is 16.1. The number of benzene rings is 4. The zero-order valence-corrected chi connectivity index (χ0v) is 27.4. The van der Waals surface area contributed by atoms with Crippen LogP contribution in [0.4, 0.5) is 0 Å². The lowest BCUT2D eigenvalue weighted by Gasteiger charge is -2.15. The van der Waals surface area contributed by atoms with Gasteiger partial charge >= 0.3 is 0 Å². The average molecular weight is 985 g/mol.